The van der Waals surface area contributed by atoms with E-state index >= 15 is 0 Å². The molecule has 0 aliphatic rings. The minimum absolute atomic E-state index is 0.616. The Hall–Kier alpha value is 0.180. The van der Waals surface area contributed by atoms with Gasteiger partial charge in [0.05, 0.1) is 0 Å². The minimum Gasteiger partial charge on any atom is -0.311 e. The van der Waals surface area contributed by atoms with E-state index in [1.54, 1.807) is 0 Å². The Bertz CT molecular complexity index is 117. The van der Waals surface area contributed by atoms with Crippen LogP contribution in [-0.4, -0.2) is 17.9 Å². The Morgan fingerprint density at radius 2 is 2.18 bits per heavy atom. The zero-order chi connectivity index (χ0) is 8.69. The maximum Gasteiger partial charge on any atom is 0.0139 e. The van der Waals surface area contributed by atoms with Gasteiger partial charge in [-0.15, -0.1) is 0 Å². The first-order valence-electron chi connectivity index (χ1n) is 4.09. The number of hydrogen-bond acceptors (Lipinski definition) is 1. The maximum absolute atomic E-state index is 3.42. The van der Waals surface area contributed by atoms with Gasteiger partial charge in [-0.2, -0.15) is 0 Å². The summed E-state index contributed by atoms with van der Waals surface area (Å²) in [5.41, 5.74) is 1.38. The molecule has 1 N–H and O–H groups in total. The maximum atomic E-state index is 3.42. The molecular formula is C9H18BrN. The smallest absolute Gasteiger partial charge is 0.0139 e. The van der Waals surface area contributed by atoms with E-state index in [0.29, 0.717) is 6.04 Å². The molecule has 66 valence electrons. The Morgan fingerprint density at radius 3 is 2.64 bits per heavy atom. The van der Waals surface area contributed by atoms with Gasteiger partial charge in [-0.1, -0.05) is 27.6 Å². The van der Waals surface area contributed by atoms with Crippen molar-refractivity contribution in [3.05, 3.63) is 11.6 Å². The molecule has 11 heavy (non-hydrogen) atoms. The fourth-order valence-corrected chi connectivity index (χ4v) is 1.42. The lowest BCUT2D eigenvalue weighted by atomic mass is 10.2. The predicted molar refractivity (Wildman–Crippen MR) is 55.3 cm³/mol. The molecule has 0 saturated carbocycles. The van der Waals surface area contributed by atoms with Crippen molar-refractivity contribution in [2.45, 2.75) is 33.2 Å². The van der Waals surface area contributed by atoms with Gasteiger partial charge < -0.3 is 5.32 Å². The summed E-state index contributed by atoms with van der Waals surface area (Å²) in [5.74, 6) is 0. The van der Waals surface area contributed by atoms with Crippen LogP contribution in [0.1, 0.15) is 27.2 Å². The van der Waals surface area contributed by atoms with Crippen LogP contribution in [0.4, 0.5) is 0 Å². The van der Waals surface area contributed by atoms with Crippen molar-refractivity contribution in [3.8, 4) is 0 Å². The average molecular weight is 220 g/mol. The molecular weight excluding hydrogens is 202 g/mol. The van der Waals surface area contributed by atoms with E-state index in [9.17, 15) is 0 Å². The first-order chi connectivity index (χ1) is 5.16. The topological polar surface area (TPSA) is 12.0 Å². The van der Waals surface area contributed by atoms with Crippen LogP contribution in [-0.2, 0) is 0 Å². The van der Waals surface area contributed by atoms with Crippen molar-refractivity contribution in [2.24, 2.45) is 0 Å². The summed E-state index contributed by atoms with van der Waals surface area (Å²) in [5, 5.41) is 4.49. The molecule has 0 aliphatic carbocycles. The van der Waals surface area contributed by atoms with Crippen LogP contribution in [0.5, 0.6) is 0 Å². The molecule has 0 aromatic carbocycles. The van der Waals surface area contributed by atoms with Gasteiger partial charge in [0, 0.05) is 17.9 Å². The van der Waals surface area contributed by atoms with Crippen molar-refractivity contribution >= 4 is 15.9 Å². The van der Waals surface area contributed by atoms with Crippen LogP contribution in [0.15, 0.2) is 11.6 Å². The van der Waals surface area contributed by atoms with Crippen LogP contribution in [0.2, 0.25) is 0 Å². The second kappa shape index (κ2) is 6.86. The zero-order valence-electron chi connectivity index (χ0n) is 7.65. The lowest BCUT2D eigenvalue weighted by Crippen LogP contribution is -2.26. The quantitative estimate of drug-likeness (QED) is 0.554. The highest BCUT2D eigenvalue weighted by Crippen LogP contribution is 1.94. The van der Waals surface area contributed by atoms with E-state index in [4.69, 9.17) is 0 Å². The van der Waals surface area contributed by atoms with Crippen molar-refractivity contribution in [1.29, 1.82) is 0 Å². The van der Waals surface area contributed by atoms with Crippen molar-refractivity contribution in [1.82, 2.24) is 5.32 Å². The predicted octanol–water partition coefficient (Wildman–Crippen LogP) is 2.72. The molecule has 0 saturated heterocycles. The van der Waals surface area contributed by atoms with E-state index in [1.165, 1.54) is 12.0 Å². The molecule has 0 bridgehead atoms. The minimum atomic E-state index is 0.616. The molecule has 0 rings (SSSR count). The summed E-state index contributed by atoms with van der Waals surface area (Å²) >= 11 is 3.42. The molecule has 0 amide bonds. The normalized spacial score (nSPS) is 12.7. The highest BCUT2D eigenvalue weighted by molar-refractivity contribution is 9.09. The molecule has 1 unspecified atom stereocenters. The molecule has 0 aliphatic heterocycles. The zero-order valence-corrected chi connectivity index (χ0v) is 9.24. The SMILES string of the molecule is CC(C)=CCNC(C)CCBr. The van der Waals surface area contributed by atoms with E-state index in [-0.39, 0.29) is 0 Å². The monoisotopic (exact) mass is 219 g/mol. The molecule has 0 heterocycles. The van der Waals surface area contributed by atoms with Crippen LogP contribution in [0.3, 0.4) is 0 Å². The molecule has 0 aromatic heterocycles. The first-order valence-corrected chi connectivity index (χ1v) is 5.21. The van der Waals surface area contributed by atoms with Crippen LogP contribution >= 0.6 is 15.9 Å². The van der Waals surface area contributed by atoms with Gasteiger partial charge in [-0.25, -0.2) is 0 Å². The Labute approximate surface area is 78.4 Å². The fourth-order valence-electron chi connectivity index (χ4n) is 0.730. The Kier molecular flexibility index (Phi) is 6.98. The summed E-state index contributed by atoms with van der Waals surface area (Å²) in [6.45, 7) is 7.45. The number of alkyl halides is 1. The fraction of sp³-hybridized carbons (Fsp3) is 0.778. The number of halogens is 1. The molecule has 0 radical (unpaired) electrons. The van der Waals surface area contributed by atoms with Gasteiger partial charge in [0.15, 0.2) is 0 Å². The number of allylic oxidation sites excluding steroid dienone is 1. The van der Waals surface area contributed by atoms with Crippen molar-refractivity contribution in [3.63, 3.8) is 0 Å². The first kappa shape index (κ1) is 11.2. The number of rotatable bonds is 5. The van der Waals surface area contributed by atoms with Gasteiger partial charge >= 0.3 is 0 Å². The van der Waals surface area contributed by atoms with Gasteiger partial charge in [0.25, 0.3) is 0 Å². The summed E-state index contributed by atoms with van der Waals surface area (Å²) in [4.78, 5) is 0. The standard InChI is InChI=1S/C9H18BrN/c1-8(2)5-7-11-9(3)4-6-10/h5,9,11H,4,6-7H2,1-3H3. The summed E-state index contributed by atoms with van der Waals surface area (Å²) in [6, 6.07) is 0.616. The van der Waals surface area contributed by atoms with E-state index in [1.807, 2.05) is 0 Å². The molecule has 0 aromatic rings. The molecule has 0 fully saturated rings. The van der Waals surface area contributed by atoms with E-state index in [2.05, 4.69) is 48.1 Å². The lowest BCUT2D eigenvalue weighted by molar-refractivity contribution is 0.571. The summed E-state index contributed by atoms with van der Waals surface area (Å²) < 4.78 is 0. The molecule has 1 nitrogen and oxygen atoms in total. The van der Waals surface area contributed by atoms with E-state index in [0.717, 1.165) is 11.9 Å². The second-order valence-electron chi connectivity index (χ2n) is 3.07. The van der Waals surface area contributed by atoms with Gasteiger partial charge in [-0.05, 0) is 27.2 Å². The third kappa shape index (κ3) is 8.08. The molecule has 1 atom stereocenters. The summed E-state index contributed by atoms with van der Waals surface area (Å²) in [6.07, 6.45) is 3.40. The van der Waals surface area contributed by atoms with Crippen molar-refractivity contribution in [2.75, 3.05) is 11.9 Å². The third-order valence-corrected chi connectivity index (χ3v) is 1.98. The number of hydrogen-bond donors (Lipinski definition) is 1. The van der Waals surface area contributed by atoms with E-state index < -0.39 is 0 Å². The van der Waals surface area contributed by atoms with Gasteiger partial charge in [-0.3, -0.25) is 0 Å². The van der Waals surface area contributed by atoms with Gasteiger partial charge in [0.1, 0.15) is 0 Å². The summed E-state index contributed by atoms with van der Waals surface area (Å²) in [7, 11) is 0. The van der Waals surface area contributed by atoms with Gasteiger partial charge in [0.2, 0.25) is 0 Å². The van der Waals surface area contributed by atoms with Crippen LogP contribution in [0, 0.1) is 0 Å². The Balaban J connectivity index is 3.31. The third-order valence-electron chi connectivity index (χ3n) is 1.52. The number of nitrogens with one attached hydrogen (secondary N) is 1. The molecule has 0 spiro atoms. The molecule has 2 heteroatoms. The lowest BCUT2D eigenvalue weighted by Gasteiger charge is -2.09. The van der Waals surface area contributed by atoms with Crippen LogP contribution < -0.4 is 5.32 Å². The Morgan fingerprint density at radius 1 is 1.55 bits per heavy atom. The highest BCUT2D eigenvalue weighted by atomic mass is 79.9. The largest absolute Gasteiger partial charge is 0.311 e. The second-order valence-corrected chi connectivity index (χ2v) is 3.86. The average Bonchev–Trinajstić information content (AvgIpc) is 1.87. The highest BCUT2D eigenvalue weighted by Gasteiger charge is 1.96. The van der Waals surface area contributed by atoms with Crippen molar-refractivity contribution < 1.29 is 0 Å². The van der Waals surface area contributed by atoms with Crippen LogP contribution in [0.25, 0.3) is 0 Å².